The lowest BCUT2D eigenvalue weighted by atomic mass is 10.0. The third-order valence-electron chi connectivity index (χ3n) is 3.59. The van der Waals surface area contributed by atoms with Gasteiger partial charge >= 0.3 is 0 Å². The fraction of sp³-hybridized carbons (Fsp3) is 0.588. The summed E-state index contributed by atoms with van der Waals surface area (Å²) in [5.74, 6) is 0.000844. The van der Waals surface area contributed by atoms with E-state index in [0.717, 1.165) is 12.8 Å². The smallest absolute Gasteiger partial charge is 0.256 e. The van der Waals surface area contributed by atoms with Crippen LogP contribution in [0, 0.1) is 11.7 Å². The number of nitrogens with zero attached hydrogens (tertiary/aromatic N) is 1. The van der Waals surface area contributed by atoms with Crippen LogP contribution in [0.15, 0.2) is 18.2 Å². The minimum Gasteiger partial charge on any atom is -0.382 e. The molecule has 3 nitrogen and oxygen atoms in total. The van der Waals surface area contributed by atoms with Gasteiger partial charge in [-0.15, -0.1) is 0 Å². The lowest BCUT2D eigenvalue weighted by Gasteiger charge is -2.27. The van der Waals surface area contributed by atoms with Crippen molar-refractivity contribution in [1.29, 1.82) is 0 Å². The second-order valence-electron chi connectivity index (χ2n) is 5.98. The highest BCUT2D eigenvalue weighted by Crippen LogP contribution is 2.23. The number of para-hydroxylation sites is 1. The molecule has 0 radical (unpaired) electrons. The minimum atomic E-state index is -0.376. The highest BCUT2D eigenvalue weighted by atomic mass is 19.1. The van der Waals surface area contributed by atoms with Crippen LogP contribution in [0.25, 0.3) is 0 Å². The summed E-state index contributed by atoms with van der Waals surface area (Å²) < 4.78 is 14.0. The van der Waals surface area contributed by atoms with Crippen LogP contribution in [0.4, 0.5) is 10.1 Å². The van der Waals surface area contributed by atoms with E-state index in [1.807, 2.05) is 13.8 Å². The monoisotopic (exact) mass is 294 g/mol. The second-order valence-corrected chi connectivity index (χ2v) is 5.98. The molecule has 1 amide bonds. The van der Waals surface area contributed by atoms with Crippen molar-refractivity contribution in [2.75, 3.05) is 18.9 Å². The Labute approximate surface area is 127 Å². The molecule has 0 bridgehead atoms. The lowest BCUT2D eigenvalue weighted by Crippen LogP contribution is -2.36. The molecule has 0 saturated heterocycles. The number of rotatable bonds is 7. The normalized spacial score (nSPS) is 12.3. The molecule has 0 aliphatic carbocycles. The molecule has 0 aliphatic rings. The SMILES string of the molecule is CCCNc1c(F)cccc1C(=O)N(C)C(C)CC(C)C. The van der Waals surface area contributed by atoms with Crippen LogP contribution in [0.3, 0.4) is 0 Å². The van der Waals surface area contributed by atoms with Crippen LogP contribution >= 0.6 is 0 Å². The molecule has 1 unspecified atom stereocenters. The van der Waals surface area contributed by atoms with E-state index < -0.39 is 0 Å². The van der Waals surface area contributed by atoms with E-state index in [-0.39, 0.29) is 17.8 Å². The van der Waals surface area contributed by atoms with Gasteiger partial charge in [0.2, 0.25) is 0 Å². The topological polar surface area (TPSA) is 32.3 Å². The largest absolute Gasteiger partial charge is 0.382 e. The average Bonchev–Trinajstić information content (AvgIpc) is 2.43. The van der Waals surface area contributed by atoms with Crippen molar-refractivity contribution in [3.05, 3.63) is 29.6 Å². The zero-order valence-corrected chi connectivity index (χ0v) is 13.7. The summed E-state index contributed by atoms with van der Waals surface area (Å²) in [4.78, 5) is 14.3. The third-order valence-corrected chi connectivity index (χ3v) is 3.59. The molecule has 0 spiro atoms. The van der Waals surface area contributed by atoms with Crippen molar-refractivity contribution in [3.63, 3.8) is 0 Å². The van der Waals surface area contributed by atoms with Gasteiger partial charge < -0.3 is 10.2 Å². The highest BCUT2D eigenvalue weighted by molar-refractivity contribution is 5.99. The van der Waals surface area contributed by atoms with E-state index in [0.29, 0.717) is 23.7 Å². The first kappa shape index (κ1) is 17.5. The van der Waals surface area contributed by atoms with E-state index in [9.17, 15) is 9.18 Å². The van der Waals surface area contributed by atoms with Gasteiger partial charge in [-0.25, -0.2) is 4.39 Å². The number of halogens is 1. The first-order valence-corrected chi connectivity index (χ1v) is 7.68. The first-order valence-electron chi connectivity index (χ1n) is 7.68. The number of carbonyl (C=O) groups is 1. The average molecular weight is 294 g/mol. The first-order chi connectivity index (χ1) is 9.88. The Balaban J connectivity index is 2.98. The van der Waals surface area contributed by atoms with E-state index >= 15 is 0 Å². The summed E-state index contributed by atoms with van der Waals surface area (Å²) in [6, 6.07) is 4.77. The van der Waals surface area contributed by atoms with Gasteiger partial charge in [-0.1, -0.05) is 26.8 Å². The lowest BCUT2D eigenvalue weighted by molar-refractivity contribution is 0.0728. The van der Waals surface area contributed by atoms with Crippen LogP contribution in [-0.4, -0.2) is 30.4 Å². The van der Waals surface area contributed by atoms with Crippen molar-refractivity contribution >= 4 is 11.6 Å². The van der Waals surface area contributed by atoms with Gasteiger partial charge in [0.15, 0.2) is 0 Å². The Bertz CT molecular complexity index is 474. The number of hydrogen-bond acceptors (Lipinski definition) is 2. The molecule has 0 aromatic heterocycles. The summed E-state index contributed by atoms with van der Waals surface area (Å²) in [5, 5.41) is 3.02. The molecule has 21 heavy (non-hydrogen) atoms. The summed E-state index contributed by atoms with van der Waals surface area (Å²) in [6.45, 7) is 8.94. The Morgan fingerprint density at radius 3 is 2.57 bits per heavy atom. The summed E-state index contributed by atoms with van der Waals surface area (Å²) in [5.41, 5.74) is 0.717. The molecule has 0 heterocycles. The van der Waals surface area contributed by atoms with Crippen LogP contribution in [-0.2, 0) is 0 Å². The van der Waals surface area contributed by atoms with Crippen molar-refractivity contribution in [3.8, 4) is 0 Å². The number of anilines is 1. The third kappa shape index (κ3) is 4.73. The Hall–Kier alpha value is -1.58. The standard InChI is InChI=1S/C17H27FN2O/c1-6-10-19-16-14(8-7-9-15(16)18)17(21)20(5)13(4)11-12(2)3/h7-9,12-13,19H,6,10-11H2,1-5H3. The minimum absolute atomic E-state index is 0.125. The Morgan fingerprint density at radius 2 is 2.00 bits per heavy atom. The van der Waals surface area contributed by atoms with Gasteiger partial charge in [0.25, 0.3) is 5.91 Å². The molecule has 4 heteroatoms. The molecule has 0 fully saturated rings. The number of carbonyl (C=O) groups excluding carboxylic acids is 1. The summed E-state index contributed by atoms with van der Waals surface area (Å²) >= 11 is 0. The van der Waals surface area contributed by atoms with Gasteiger partial charge in [0, 0.05) is 19.6 Å². The van der Waals surface area contributed by atoms with Gasteiger partial charge in [-0.2, -0.15) is 0 Å². The molecular formula is C17H27FN2O. The summed E-state index contributed by atoms with van der Waals surface area (Å²) in [6.07, 6.45) is 1.80. The maximum absolute atomic E-state index is 14.0. The van der Waals surface area contributed by atoms with Gasteiger partial charge in [-0.05, 0) is 37.8 Å². The summed E-state index contributed by atoms with van der Waals surface area (Å²) in [7, 11) is 1.78. The maximum Gasteiger partial charge on any atom is 0.256 e. The van der Waals surface area contributed by atoms with E-state index in [2.05, 4.69) is 19.2 Å². The van der Waals surface area contributed by atoms with Crippen LogP contribution in [0.2, 0.25) is 0 Å². The molecule has 1 aromatic carbocycles. The van der Waals surface area contributed by atoms with Crippen molar-refractivity contribution in [2.45, 2.75) is 46.6 Å². The van der Waals surface area contributed by atoms with E-state index in [1.54, 1.807) is 24.1 Å². The molecule has 1 rings (SSSR count). The molecular weight excluding hydrogens is 267 g/mol. The Morgan fingerprint density at radius 1 is 1.33 bits per heavy atom. The van der Waals surface area contributed by atoms with Gasteiger partial charge in [0.1, 0.15) is 5.82 Å². The number of amides is 1. The van der Waals surface area contributed by atoms with Gasteiger partial charge in [0.05, 0.1) is 11.3 Å². The highest BCUT2D eigenvalue weighted by Gasteiger charge is 2.22. The van der Waals surface area contributed by atoms with Crippen molar-refractivity contribution < 1.29 is 9.18 Å². The number of hydrogen-bond donors (Lipinski definition) is 1. The predicted octanol–water partition coefficient (Wildman–Crippen LogP) is 4.15. The quantitative estimate of drug-likeness (QED) is 0.819. The molecule has 1 atom stereocenters. The van der Waals surface area contributed by atoms with E-state index in [1.165, 1.54) is 6.07 Å². The molecule has 0 saturated carbocycles. The van der Waals surface area contributed by atoms with Crippen molar-refractivity contribution in [1.82, 2.24) is 4.90 Å². The molecule has 0 aliphatic heterocycles. The molecule has 118 valence electrons. The fourth-order valence-corrected chi connectivity index (χ4v) is 2.36. The van der Waals surface area contributed by atoms with Crippen LogP contribution in [0.1, 0.15) is 50.9 Å². The molecule has 1 N–H and O–H groups in total. The Kier molecular flexibility index (Phi) is 6.66. The number of benzene rings is 1. The zero-order valence-electron chi connectivity index (χ0n) is 13.7. The number of nitrogens with one attached hydrogen (secondary N) is 1. The van der Waals surface area contributed by atoms with Gasteiger partial charge in [-0.3, -0.25) is 4.79 Å². The predicted molar refractivity (Wildman–Crippen MR) is 86.2 cm³/mol. The van der Waals surface area contributed by atoms with Crippen molar-refractivity contribution in [2.24, 2.45) is 5.92 Å². The zero-order chi connectivity index (χ0) is 16.0. The second kappa shape index (κ2) is 8.01. The van der Waals surface area contributed by atoms with Crippen LogP contribution < -0.4 is 5.32 Å². The van der Waals surface area contributed by atoms with Crippen LogP contribution in [0.5, 0.6) is 0 Å². The van der Waals surface area contributed by atoms with E-state index in [4.69, 9.17) is 0 Å². The fourth-order valence-electron chi connectivity index (χ4n) is 2.36. The maximum atomic E-state index is 14.0. The molecule has 1 aromatic rings.